The van der Waals surface area contributed by atoms with Gasteiger partial charge in [-0.25, -0.2) is 14.3 Å². The number of benzene rings is 2. The van der Waals surface area contributed by atoms with Gasteiger partial charge in [0.25, 0.3) is 0 Å². The highest BCUT2D eigenvalue weighted by Crippen LogP contribution is 2.35. The van der Waals surface area contributed by atoms with Gasteiger partial charge in [0, 0.05) is 10.6 Å². The van der Waals surface area contributed by atoms with Gasteiger partial charge in [0.2, 0.25) is 0 Å². The molecule has 0 unspecified atom stereocenters. The van der Waals surface area contributed by atoms with E-state index < -0.39 is 0 Å². The molecule has 130 valence electrons. The summed E-state index contributed by atoms with van der Waals surface area (Å²) in [6.45, 7) is 2.08. The zero-order valence-electron chi connectivity index (χ0n) is 14.3. The second kappa shape index (κ2) is 6.97. The fourth-order valence-electron chi connectivity index (χ4n) is 2.80. The Kier molecular flexibility index (Phi) is 4.53. The summed E-state index contributed by atoms with van der Waals surface area (Å²) < 4.78 is 3.70. The van der Waals surface area contributed by atoms with Gasteiger partial charge in [0.05, 0.1) is 5.69 Å². The van der Waals surface area contributed by atoms with Crippen LogP contribution in [0.3, 0.4) is 0 Å². The Morgan fingerprint density at radius 2 is 1.73 bits per heavy atom. The van der Waals surface area contributed by atoms with Crippen LogP contribution in [-0.4, -0.2) is 30.8 Å². The summed E-state index contributed by atoms with van der Waals surface area (Å²) >= 11 is 7.64. The molecule has 4 rings (SSSR count). The molecule has 0 spiro atoms. The molecule has 2 aromatic heterocycles. The smallest absolute Gasteiger partial charge is 0.145 e. The monoisotopic (exact) mass is 381 g/mol. The lowest BCUT2D eigenvalue weighted by Crippen LogP contribution is -2.02. The van der Waals surface area contributed by atoms with Crippen molar-refractivity contribution in [1.82, 2.24) is 24.5 Å². The van der Waals surface area contributed by atoms with Crippen LogP contribution in [-0.2, 0) is 0 Å². The number of rotatable bonds is 4. The van der Waals surface area contributed by atoms with Gasteiger partial charge < -0.3 is 0 Å². The van der Waals surface area contributed by atoms with Crippen LogP contribution in [0.4, 0.5) is 0 Å². The molecule has 26 heavy (non-hydrogen) atoms. The van der Waals surface area contributed by atoms with Gasteiger partial charge >= 0.3 is 0 Å². The summed E-state index contributed by atoms with van der Waals surface area (Å²) in [6.07, 6.45) is 5.23. The van der Waals surface area contributed by atoms with Crippen molar-refractivity contribution in [2.24, 2.45) is 0 Å². The zero-order valence-corrected chi connectivity index (χ0v) is 15.9. The molecule has 0 aliphatic rings. The minimum Gasteiger partial charge on any atom is -0.230 e. The molecule has 4 aromatic rings. The molecule has 0 amide bonds. The summed E-state index contributed by atoms with van der Waals surface area (Å²) in [7, 11) is 0. The van der Waals surface area contributed by atoms with Crippen molar-refractivity contribution >= 4 is 23.4 Å². The first-order valence-electron chi connectivity index (χ1n) is 8.02. The number of aromatic nitrogens is 5. The Bertz CT molecular complexity index is 1020. The third-order valence-electron chi connectivity index (χ3n) is 4.07. The van der Waals surface area contributed by atoms with E-state index in [0.29, 0.717) is 5.02 Å². The highest BCUT2D eigenvalue weighted by Gasteiger charge is 2.22. The lowest BCUT2D eigenvalue weighted by molar-refractivity contribution is 0.833. The first-order valence-corrected chi connectivity index (χ1v) is 9.62. The van der Waals surface area contributed by atoms with Crippen molar-refractivity contribution in [3.8, 4) is 22.6 Å². The van der Waals surface area contributed by atoms with Crippen LogP contribution >= 0.6 is 23.4 Å². The molecule has 2 heterocycles. The molecular weight excluding hydrogens is 366 g/mol. The predicted molar refractivity (Wildman–Crippen MR) is 105 cm³/mol. The second-order valence-electron chi connectivity index (χ2n) is 5.80. The third kappa shape index (κ3) is 3.02. The topological polar surface area (TPSA) is 48.5 Å². The van der Waals surface area contributed by atoms with E-state index >= 15 is 0 Å². The van der Waals surface area contributed by atoms with Gasteiger partial charge in [0.15, 0.2) is 0 Å². The van der Waals surface area contributed by atoms with Crippen molar-refractivity contribution in [3.05, 3.63) is 71.8 Å². The van der Waals surface area contributed by atoms with Crippen molar-refractivity contribution in [1.29, 1.82) is 0 Å². The zero-order chi connectivity index (χ0) is 18.1. The number of nitrogens with zero attached hydrogens (tertiary/aromatic N) is 5. The van der Waals surface area contributed by atoms with Crippen LogP contribution in [0.1, 0.15) is 5.56 Å². The summed E-state index contributed by atoms with van der Waals surface area (Å²) in [6, 6.07) is 16.0. The third-order valence-corrected chi connectivity index (χ3v) is 4.98. The SMILES string of the molecule is CSc1nn(-c2ccc(Cl)cc2)c(-c2ccc(C)cc2)c1-n1cncn1. The molecule has 0 atom stereocenters. The van der Waals surface area contributed by atoms with E-state index in [2.05, 4.69) is 41.3 Å². The van der Waals surface area contributed by atoms with E-state index in [9.17, 15) is 0 Å². The molecule has 0 radical (unpaired) electrons. The van der Waals surface area contributed by atoms with E-state index in [1.54, 1.807) is 22.8 Å². The fraction of sp³-hybridized carbons (Fsp3) is 0.105. The van der Waals surface area contributed by atoms with Gasteiger partial charge in [-0.05, 0) is 37.4 Å². The summed E-state index contributed by atoms with van der Waals surface area (Å²) in [5.74, 6) is 0. The molecule has 0 saturated carbocycles. The first kappa shape index (κ1) is 16.9. The standard InChI is InChI=1S/C19H16ClN5S/c1-13-3-5-14(6-4-13)17-18(24-12-21-11-22-24)19(26-2)23-25(17)16-9-7-15(20)8-10-16/h3-12H,1-2H3. The number of hydrogen-bond donors (Lipinski definition) is 0. The van der Waals surface area contributed by atoms with Gasteiger partial charge in [-0.3, -0.25) is 0 Å². The van der Waals surface area contributed by atoms with Crippen LogP contribution in [0.5, 0.6) is 0 Å². The molecule has 5 nitrogen and oxygen atoms in total. The van der Waals surface area contributed by atoms with Crippen molar-refractivity contribution in [2.45, 2.75) is 11.9 Å². The minimum atomic E-state index is 0.694. The Hall–Kier alpha value is -2.57. The molecule has 0 aliphatic heterocycles. The number of hydrogen-bond acceptors (Lipinski definition) is 4. The molecule has 0 bridgehead atoms. The number of thioether (sulfide) groups is 1. The van der Waals surface area contributed by atoms with Crippen LogP contribution in [0.2, 0.25) is 5.02 Å². The highest BCUT2D eigenvalue weighted by atomic mass is 35.5. The van der Waals surface area contributed by atoms with E-state index in [1.807, 2.05) is 35.2 Å². The van der Waals surface area contributed by atoms with Crippen LogP contribution in [0.25, 0.3) is 22.6 Å². The number of halogens is 1. The second-order valence-corrected chi connectivity index (χ2v) is 7.03. The fourth-order valence-corrected chi connectivity index (χ4v) is 3.47. The lowest BCUT2D eigenvalue weighted by Gasteiger charge is -2.10. The molecule has 0 aliphatic carbocycles. The summed E-state index contributed by atoms with van der Waals surface area (Å²) in [5, 5.41) is 10.7. The maximum absolute atomic E-state index is 6.06. The Morgan fingerprint density at radius 1 is 1.00 bits per heavy atom. The van der Waals surface area contributed by atoms with Crippen molar-refractivity contribution in [2.75, 3.05) is 6.26 Å². The Labute approximate surface area is 160 Å². The molecule has 7 heteroatoms. The molecular formula is C19H16ClN5S. The number of aryl methyl sites for hydroxylation is 1. The Morgan fingerprint density at radius 3 is 2.35 bits per heavy atom. The van der Waals surface area contributed by atoms with E-state index in [1.165, 1.54) is 11.9 Å². The van der Waals surface area contributed by atoms with Gasteiger partial charge in [0.1, 0.15) is 29.1 Å². The summed E-state index contributed by atoms with van der Waals surface area (Å²) in [5.41, 5.74) is 5.07. The highest BCUT2D eigenvalue weighted by molar-refractivity contribution is 7.98. The van der Waals surface area contributed by atoms with E-state index in [4.69, 9.17) is 16.7 Å². The van der Waals surface area contributed by atoms with Crippen LogP contribution in [0, 0.1) is 6.92 Å². The van der Waals surface area contributed by atoms with Crippen LogP contribution < -0.4 is 0 Å². The maximum atomic E-state index is 6.06. The molecule has 0 saturated heterocycles. The van der Waals surface area contributed by atoms with Crippen molar-refractivity contribution in [3.63, 3.8) is 0 Å². The lowest BCUT2D eigenvalue weighted by atomic mass is 10.1. The van der Waals surface area contributed by atoms with Gasteiger partial charge in [-0.1, -0.05) is 41.4 Å². The normalized spacial score (nSPS) is 11.0. The van der Waals surface area contributed by atoms with E-state index in [0.717, 1.165) is 27.7 Å². The van der Waals surface area contributed by atoms with Crippen LogP contribution in [0.15, 0.2) is 66.2 Å². The van der Waals surface area contributed by atoms with Gasteiger partial charge in [-0.15, -0.1) is 11.8 Å². The summed E-state index contributed by atoms with van der Waals surface area (Å²) in [4.78, 5) is 4.10. The average molecular weight is 382 g/mol. The molecule has 2 aromatic carbocycles. The maximum Gasteiger partial charge on any atom is 0.145 e. The predicted octanol–water partition coefficient (Wildman–Crippen LogP) is 4.80. The molecule has 0 fully saturated rings. The molecule has 0 N–H and O–H groups in total. The minimum absolute atomic E-state index is 0.694. The quantitative estimate of drug-likeness (QED) is 0.476. The van der Waals surface area contributed by atoms with Gasteiger partial charge in [-0.2, -0.15) is 10.2 Å². The first-order chi connectivity index (χ1) is 12.7. The largest absolute Gasteiger partial charge is 0.230 e. The Balaban J connectivity index is 2.02. The average Bonchev–Trinajstić information content (AvgIpc) is 3.30. The van der Waals surface area contributed by atoms with E-state index in [-0.39, 0.29) is 0 Å². The van der Waals surface area contributed by atoms with Crippen molar-refractivity contribution < 1.29 is 0 Å².